The van der Waals surface area contributed by atoms with Gasteiger partial charge < -0.3 is 5.11 Å². The molecule has 4 nitrogen and oxygen atoms in total. The number of benzene rings is 1. The van der Waals surface area contributed by atoms with Crippen molar-refractivity contribution in [1.29, 1.82) is 0 Å². The zero-order valence-corrected chi connectivity index (χ0v) is 13.4. The molecule has 0 saturated heterocycles. The number of sulfonamides is 1. The van der Waals surface area contributed by atoms with E-state index < -0.39 is 39.2 Å². The molecule has 0 radical (unpaired) electrons. The molecule has 0 aliphatic rings. The van der Waals surface area contributed by atoms with Crippen LogP contribution in [0.25, 0.3) is 0 Å². The first kappa shape index (κ1) is 17.5. The van der Waals surface area contributed by atoms with Crippen LogP contribution in [0.3, 0.4) is 0 Å². The molecule has 0 aliphatic carbocycles. The highest BCUT2D eigenvalue weighted by molar-refractivity contribution is 9.10. The number of hydrogen-bond acceptors (Lipinski definition) is 3. The summed E-state index contributed by atoms with van der Waals surface area (Å²) in [5.41, 5.74) is 0. The molecule has 20 heavy (non-hydrogen) atoms. The normalized spacial score (nSPS) is 15.1. The van der Waals surface area contributed by atoms with Gasteiger partial charge in [0, 0.05) is 6.04 Å². The van der Waals surface area contributed by atoms with Gasteiger partial charge in [-0.3, -0.25) is 0 Å². The van der Waals surface area contributed by atoms with E-state index in [-0.39, 0.29) is 10.4 Å². The monoisotopic (exact) mass is 371 g/mol. The Hall–Kier alpha value is -0.570. The largest absolute Gasteiger partial charge is 0.395 e. The maximum absolute atomic E-state index is 13.7. The lowest BCUT2D eigenvalue weighted by Gasteiger charge is -2.22. The lowest BCUT2D eigenvalue weighted by atomic mass is 10.0. The van der Waals surface area contributed by atoms with Crippen LogP contribution in [0.2, 0.25) is 0 Å². The van der Waals surface area contributed by atoms with Gasteiger partial charge in [-0.1, -0.05) is 20.3 Å². The third-order valence-electron chi connectivity index (χ3n) is 3.10. The molecule has 0 aromatic heterocycles. The van der Waals surface area contributed by atoms with Crippen molar-refractivity contribution < 1.29 is 22.3 Å². The Morgan fingerprint density at radius 1 is 1.35 bits per heavy atom. The number of nitrogens with one attached hydrogen (secondary N) is 1. The van der Waals surface area contributed by atoms with Gasteiger partial charge in [0.15, 0.2) is 0 Å². The molecule has 0 fully saturated rings. The van der Waals surface area contributed by atoms with Crippen molar-refractivity contribution in [1.82, 2.24) is 4.72 Å². The van der Waals surface area contributed by atoms with Gasteiger partial charge in [0.1, 0.15) is 16.5 Å². The van der Waals surface area contributed by atoms with E-state index in [1.54, 1.807) is 6.92 Å². The average molecular weight is 372 g/mol. The van der Waals surface area contributed by atoms with Gasteiger partial charge in [-0.15, -0.1) is 0 Å². The number of aliphatic hydroxyl groups excluding tert-OH is 1. The fraction of sp³-hybridized carbons (Fsp3) is 0.500. The van der Waals surface area contributed by atoms with Crippen LogP contribution in [0.4, 0.5) is 8.78 Å². The second-order valence-electron chi connectivity index (χ2n) is 4.49. The van der Waals surface area contributed by atoms with Gasteiger partial charge in [-0.2, -0.15) is 0 Å². The van der Waals surface area contributed by atoms with Crippen molar-refractivity contribution >= 4 is 26.0 Å². The summed E-state index contributed by atoms with van der Waals surface area (Å²) in [5, 5.41) is 9.20. The van der Waals surface area contributed by atoms with Crippen molar-refractivity contribution in [3.63, 3.8) is 0 Å². The molecule has 0 spiro atoms. The first-order valence-electron chi connectivity index (χ1n) is 6.00. The molecule has 114 valence electrons. The van der Waals surface area contributed by atoms with Crippen LogP contribution in [0.1, 0.15) is 20.3 Å². The fourth-order valence-electron chi connectivity index (χ4n) is 1.59. The molecule has 8 heteroatoms. The average Bonchev–Trinajstić information content (AvgIpc) is 2.39. The summed E-state index contributed by atoms with van der Waals surface area (Å²) < 4.78 is 53.2. The summed E-state index contributed by atoms with van der Waals surface area (Å²) in [7, 11) is -4.24. The molecule has 1 aromatic rings. The lowest BCUT2D eigenvalue weighted by molar-refractivity contribution is 0.219. The Morgan fingerprint density at radius 2 is 1.95 bits per heavy atom. The van der Waals surface area contributed by atoms with Crippen LogP contribution < -0.4 is 4.72 Å². The topological polar surface area (TPSA) is 66.4 Å². The van der Waals surface area contributed by atoms with E-state index in [4.69, 9.17) is 0 Å². The Balaban J connectivity index is 3.14. The van der Waals surface area contributed by atoms with E-state index in [2.05, 4.69) is 20.7 Å². The second kappa shape index (κ2) is 6.93. The quantitative estimate of drug-likeness (QED) is 0.754. The van der Waals surface area contributed by atoms with Gasteiger partial charge in [0.2, 0.25) is 10.0 Å². The van der Waals surface area contributed by atoms with Crippen LogP contribution in [0.5, 0.6) is 0 Å². The molecule has 1 rings (SSSR count). The van der Waals surface area contributed by atoms with Crippen molar-refractivity contribution in [2.45, 2.75) is 31.2 Å². The minimum absolute atomic E-state index is 0.141. The molecule has 0 bridgehead atoms. The second-order valence-corrected chi connectivity index (χ2v) is 7.03. The van der Waals surface area contributed by atoms with Crippen LogP contribution in [-0.4, -0.2) is 26.2 Å². The van der Waals surface area contributed by atoms with Gasteiger partial charge in [-0.05, 0) is 34.0 Å². The predicted octanol–water partition coefficient (Wildman–Crippen LogP) is 2.41. The zero-order valence-electron chi connectivity index (χ0n) is 11.0. The summed E-state index contributed by atoms with van der Waals surface area (Å²) in [6, 6.07) is 0.601. The van der Waals surface area contributed by atoms with Crippen LogP contribution >= 0.6 is 15.9 Å². The van der Waals surface area contributed by atoms with E-state index in [0.29, 0.717) is 12.5 Å². The highest BCUT2D eigenvalue weighted by Gasteiger charge is 2.26. The first-order chi connectivity index (χ1) is 9.22. The van der Waals surface area contributed by atoms with E-state index >= 15 is 0 Å². The Labute approximate surface area is 125 Å². The summed E-state index contributed by atoms with van der Waals surface area (Å²) >= 11 is 2.78. The number of halogens is 3. The maximum atomic E-state index is 13.7. The van der Waals surface area contributed by atoms with Crippen molar-refractivity contribution in [3.8, 4) is 0 Å². The standard InChI is InChI=1S/C12H16BrF2NO3S/c1-3-7(2)11(6-17)16-20(18,19)12-5-9(14)8(13)4-10(12)15/h4-5,7,11,16-17H,3,6H2,1-2H3. The van der Waals surface area contributed by atoms with Crippen LogP contribution in [-0.2, 0) is 10.0 Å². The molecule has 0 heterocycles. The van der Waals surface area contributed by atoms with Crippen LogP contribution in [0.15, 0.2) is 21.5 Å². The van der Waals surface area contributed by atoms with Crippen molar-refractivity contribution in [3.05, 3.63) is 28.2 Å². The third kappa shape index (κ3) is 3.97. The predicted molar refractivity (Wildman–Crippen MR) is 74.7 cm³/mol. The van der Waals surface area contributed by atoms with E-state index in [9.17, 15) is 22.3 Å². The molecular formula is C12H16BrF2NO3S. The van der Waals surface area contributed by atoms with Crippen LogP contribution in [0, 0.1) is 17.6 Å². The highest BCUT2D eigenvalue weighted by Crippen LogP contribution is 2.23. The SMILES string of the molecule is CCC(C)C(CO)NS(=O)(=O)c1cc(F)c(Br)cc1F. The number of aliphatic hydroxyl groups is 1. The van der Waals surface area contributed by atoms with Gasteiger partial charge in [0.25, 0.3) is 0 Å². The summed E-state index contributed by atoms with van der Waals surface area (Å²) in [6.45, 7) is 3.16. The van der Waals surface area contributed by atoms with Gasteiger partial charge >= 0.3 is 0 Å². The molecule has 1 aromatic carbocycles. The highest BCUT2D eigenvalue weighted by atomic mass is 79.9. The fourth-order valence-corrected chi connectivity index (χ4v) is 3.31. The molecule has 2 unspecified atom stereocenters. The maximum Gasteiger partial charge on any atom is 0.243 e. The zero-order chi connectivity index (χ0) is 15.5. The third-order valence-corrected chi connectivity index (χ3v) is 5.21. The summed E-state index contributed by atoms with van der Waals surface area (Å²) in [5.74, 6) is -2.08. The number of hydrogen-bond donors (Lipinski definition) is 2. The van der Waals surface area contributed by atoms with Crippen molar-refractivity contribution in [2.24, 2.45) is 5.92 Å². The minimum atomic E-state index is -4.24. The molecule has 0 aliphatic heterocycles. The Kier molecular flexibility index (Phi) is 6.06. The molecule has 2 N–H and O–H groups in total. The van der Waals surface area contributed by atoms with E-state index in [1.165, 1.54) is 0 Å². The molecular weight excluding hydrogens is 356 g/mol. The Bertz CT molecular complexity index is 580. The molecule has 0 amide bonds. The Morgan fingerprint density at radius 3 is 2.45 bits per heavy atom. The van der Waals surface area contributed by atoms with E-state index in [1.807, 2.05) is 6.92 Å². The smallest absolute Gasteiger partial charge is 0.243 e. The van der Waals surface area contributed by atoms with Gasteiger partial charge in [0.05, 0.1) is 11.1 Å². The first-order valence-corrected chi connectivity index (χ1v) is 8.28. The van der Waals surface area contributed by atoms with Gasteiger partial charge in [-0.25, -0.2) is 21.9 Å². The summed E-state index contributed by atoms with van der Waals surface area (Å²) in [6.07, 6.45) is 0.630. The number of rotatable bonds is 6. The lowest BCUT2D eigenvalue weighted by Crippen LogP contribution is -2.42. The van der Waals surface area contributed by atoms with E-state index in [0.717, 1.165) is 6.07 Å². The summed E-state index contributed by atoms with van der Waals surface area (Å²) in [4.78, 5) is -0.778. The minimum Gasteiger partial charge on any atom is -0.395 e. The molecule has 0 saturated carbocycles. The van der Waals surface area contributed by atoms with Crippen molar-refractivity contribution in [2.75, 3.05) is 6.61 Å². The molecule has 2 atom stereocenters.